The highest BCUT2D eigenvalue weighted by Gasteiger charge is 2.44. The molecule has 0 aromatic heterocycles. The molecule has 0 bridgehead atoms. The number of carbonyl (C=O) groups excluding carboxylic acids is 2. The molecule has 2 heterocycles. The molecule has 2 aliphatic carbocycles. The van der Waals surface area contributed by atoms with E-state index in [1.807, 2.05) is 0 Å². The van der Waals surface area contributed by atoms with Gasteiger partial charge in [0.1, 0.15) is 11.6 Å². The van der Waals surface area contributed by atoms with Crippen molar-refractivity contribution in [3.63, 3.8) is 0 Å². The zero-order chi connectivity index (χ0) is 29.0. The van der Waals surface area contributed by atoms with Crippen LogP contribution in [-0.2, 0) is 33.3 Å². The average Bonchev–Trinajstić information content (AvgIpc) is 3.54. The highest BCUT2D eigenvalue weighted by molar-refractivity contribution is 5.90. The van der Waals surface area contributed by atoms with Gasteiger partial charge in [-0.25, -0.2) is 0 Å². The number of unbranched alkanes of at least 4 members (excludes halogenated alkanes) is 1. The Bertz CT molecular complexity index is 859. The summed E-state index contributed by atoms with van der Waals surface area (Å²) in [6, 6.07) is 0. The van der Waals surface area contributed by atoms with Crippen LogP contribution in [0.1, 0.15) is 116 Å². The van der Waals surface area contributed by atoms with Crippen molar-refractivity contribution >= 4 is 17.5 Å². The Morgan fingerprint density at radius 1 is 1.00 bits per heavy atom. The number of carboxylic acids is 1. The molecule has 41 heavy (non-hydrogen) atoms. The van der Waals surface area contributed by atoms with E-state index in [2.05, 4.69) is 19.1 Å². The van der Waals surface area contributed by atoms with Crippen molar-refractivity contribution in [2.45, 2.75) is 141 Å². The van der Waals surface area contributed by atoms with Gasteiger partial charge in [0.15, 0.2) is 12.6 Å². The number of carboxylic acid groups (broad SMARTS) is 1. The van der Waals surface area contributed by atoms with Gasteiger partial charge >= 0.3 is 5.97 Å². The lowest BCUT2D eigenvalue weighted by Crippen LogP contribution is -2.32. The van der Waals surface area contributed by atoms with Gasteiger partial charge in [0.2, 0.25) is 0 Å². The summed E-state index contributed by atoms with van der Waals surface area (Å²) in [6.07, 6.45) is 17.1. The Morgan fingerprint density at radius 3 is 2.41 bits per heavy atom. The highest BCUT2D eigenvalue weighted by atomic mass is 16.7. The van der Waals surface area contributed by atoms with E-state index in [1.54, 1.807) is 0 Å². The fraction of sp³-hybridized carbons (Fsp3) is 0.848. The number of hydrogen-bond acceptors (Lipinski definition) is 7. The molecule has 8 nitrogen and oxygen atoms in total. The van der Waals surface area contributed by atoms with Crippen LogP contribution in [0, 0.1) is 23.7 Å². The number of aliphatic carboxylic acids is 1. The fourth-order valence-corrected chi connectivity index (χ4v) is 7.19. The van der Waals surface area contributed by atoms with E-state index in [4.69, 9.17) is 24.1 Å². The third-order valence-corrected chi connectivity index (χ3v) is 9.43. The largest absolute Gasteiger partial charge is 0.481 e. The van der Waals surface area contributed by atoms with Crippen molar-refractivity contribution in [1.29, 1.82) is 0 Å². The lowest BCUT2D eigenvalue weighted by molar-refractivity contribution is -0.193. The van der Waals surface area contributed by atoms with Crippen molar-refractivity contribution in [2.24, 2.45) is 23.7 Å². The molecule has 0 spiro atoms. The highest BCUT2D eigenvalue weighted by Crippen LogP contribution is 2.40. The first-order valence-corrected chi connectivity index (χ1v) is 16.4. The third kappa shape index (κ3) is 10.3. The van der Waals surface area contributed by atoms with E-state index in [0.717, 1.165) is 63.9 Å². The number of rotatable bonds is 16. The Morgan fingerprint density at radius 2 is 1.73 bits per heavy atom. The minimum Gasteiger partial charge on any atom is -0.481 e. The SMILES string of the molecule is CCCC1CCC([C@@H](C=C[C@H]2[C@H](OC3CCCCO3)CC(=O)[C@@H]2CC(=O)CCCCC(=O)O)OC2CCCCO2)C1. The summed E-state index contributed by atoms with van der Waals surface area (Å²) in [6.45, 7) is 3.65. The minimum atomic E-state index is -0.850. The monoisotopic (exact) mass is 576 g/mol. The molecule has 0 amide bonds. The van der Waals surface area contributed by atoms with Crippen LogP contribution >= 0.6 is 0 Å². The molecule has 0 radical (unpaired) electrons. The van der Waals surface area contributed by atoms with Gasteiger partial charge in [-0.3, -0.25) is 14.4 Å². The Hall–Kier alpha value is -1.61. The van der Waals surface area contributed by atoms with E-state index in [-0.39, 0.29) is 61.5 Å². The lowest BCUT2D eigenvalue weighted by Gasteiger charge is -2.31. The summed E-state index contributed by atoms with van der Waals surface area (Å²) in [5.74, 6) is -0.273. The van der Waals surface area contributed by atoms with Crippen LogP contribution in [-0.4, -0.2) is 60.6 Å². The zero-order valence-electron chi connectivity index (χ0n) is 25.0. The Kier molecular flexibility index (Phi) is 13.3. The topological polar surface area (TPSA) is 108 Å². The minimum absolute atomic E-state index is 0.0170. The number of carbonyl (C=O) groups is 3. The maximum absolute atomic E-state index is 13.3. The number of ketones is 2. The quantitative estimate of drug-likeness (QED) is 0.166. The van der Waals surface area contributed by atoms with E-state index in [1.165, 1.54) is 19.3 Å². The summed E-state index contributed by atoms with van der Waals surface area (Å²) < 4.78 is 24.8. The van der Waals surface area contributed by atoms with E-state index in [0.29, 0.717) is 31.8 Å². The van der Waals surface area contributed by atoms with E-state index >= 15 is 0 Å². The second-order valence-electron chi connectivity index (χ2n) is 12.7. The number of Topliss-reactive ketones (excluding diaryl/α,β-unsaturated/α-hetero) is 2. The molecule has 4 aliphatic rings. The summed E-state index contributed by atoms with van der Waals surface area (Å²) in [5, 5.41) is 8.89. The first-order valence-electron chi connectivity index (χ1n) is 16.4. The standard InChI is InChI=1S/C33H52O8/c1-2-9-23-14-15-24(20-23)29(40-32-12-5-7-18-38-32)17-16-26-27(21-25(34)10-3-4-11-31(36)37)28(35)22-30(26)41-33-13-6-8-19-39-33/h16-17,23-24,26-27,29-30,32-33H,2-15,18-22H2,1H3,(H,36,37)/t23?,24?,26-,27-,29-,30-,32?,33?/m1/s1. The van der Waals surface area contributed by atoms with E-state index < -0.39 is 11.9 Å². The molecule has 4 rings (SSSR count). The summed E-state index contributed by atoms with van der Waals surface area (Å²) in [5.41, 5.74) is 0. The van der Waals surface area contributed by atoms with Gasteiger partial charge in [0.25, 0.3) is 0 Å². The second-order valence-corrected chi connectivity index (χ2v) is 12.7. The van der Waals surface area contributed by atoms with Gasteiger partial charge in [-0.1, -0.05) is 38.3 Å². The van der Waals surface area contributed by atoms with Crippen LogP contribution in [0.3, 0.4) is 0 Å². The van der Waals surface area contributed by atoms with E-state index in [9.17, 15) is 14.4 Å². The third-order valence-electron chi connectivity index (χ3n) is 9.43. The maximum atomic E-state index is 13.3. The van der Waals surface area contributed by atoms with Gasteiger partial charge in [0.05, 0.1) is 12.2 Å². The van der Waals surface area contributed by atoms with Crippen molar-refractivity contribution in [1.82, 2.24) is 0 Å². The van der Waals surface area contributed by atoms with Crippen LogP contribution in [0.25, 0.3) is 0 Å². The predicted molar refractivity (Wildman–Crippen MR) is 154 cm³/mol. The Balaban J connectivity index is 1.47. The number of hydrogen-bond donors (Lipinski definition) is 1. The van der Waals surface area contributed by atoms with Crippen LogP contribution in [0.5, 0.6) is 0 Å². The first-order chi connectivity index (χ1) is 19.9. The Labute approximate surface area is 245 Å². The molecule has 4 fully saturated rings. The molecule has 232 valence electrons. The van der Waals surface area contributed by atoms with Crippen LogP contribution in [0.15, 0.2) is 12.2 Å². The summed E-state index contributed by atoms with van der Waals surface area (Å²) >= 11 is 0. The van der Waals surface area contributed by atoms with Crippen LogP contribution in [0.4, 0.5) is 0 Å². The normalized spacial score (nSPS) is 33.4. The fourth-order valence-electron chi connectivity index (χ4n) is 7.19. The zero-order valence-corrected chi connectivity index (χ0v) is 25.0. The summed E-state index contributed by atoms with van der Waals surface area (Å²) in [4.78, 5) is 37.0. The number of ether oxygens (including phenoxy) is 4. The molecule has 1 N–H and O–H groups in total. The summed E-state index contributed by atoms with van der Waals surface area (Å²) in [7, 11) is 0. The molecule has 4 unspecified atom stereocenters. The van der Waals surface area contributed by atoms with Crippen molar-refractivity contribution in [3.8, 4) is 0 Å². The van der Waals surface area contributed by atoms with Crippen LogP contribution < -0.4 is 0 Å². The van der Waals surface area contributed by atoms with Crippen molar-refractivity contribution in [2.75, 3.05) is 13.2 Å². The smallest absolute Gasteiger partial charge is 0.303 e. The predicted octanol–water partition coefficient (Wildman–Crippen LogP) is 6.39. The van der Waals surface area contributed by atoms with Crippen LogP contribution in [0.2, 0.25) is 0 Å². The molecule has 2 aliphatic heterocycles. The van der Waals surface area contributed by atoms with Gasteiger partial charge in [-0.15, -0.1) is 0 Å². The lowest BCUT2D eigenvalue weighted by atomic mass is 9.87. The maximum Gasteiger partial charge on any atom is 0.303 e. The molecule has 2 saturated carbocycles. The molecular weight excluding hydrogens is 524 g/mol. The van der Waals surface area contributed by atoms with Crippen molar-refractivity contribution in [3.05, 3.63) is 12.2 Å². The van der Waals surface area contributed by atoms with Gasteiger partial charge < -0.3 is 24.1 Å². The second kappa shape index (κ2) is 16.9. The van der Waals surface area contributed by atoms with Gasteiger partial charge in [-0.05, 0) is 76.0 Å². The first kappa shape index (κ1) is 32.3. The van der Waals surface area contributed by atoms with Gasteiger partial charge in [0, 0.05) is 50.7 Å². The molecule has 2 saturated heterocycles. The molecule has 8 atom stereocenters. The molecule has 8 heteroatoms. The molecule has 0 aromatic carbocycles. The molecule has 0 aromatic rings. The average molecular weight is 577 g/mol. The molecular formula is C33H52O8. The van der Waals surface area contributed by atoms with Crippen molar-refractivity contribution < 1.29 is 38.4 Å². The van der Waals surface area contributed by atoms with Gasteiger partial charge in [-0.2, -0.15) is 0 Å².